The number of likely N-dealkylation sites (tertiary alicyclic amines) is 1. The largest absolute Gasteiger partial charge is 0.573 e. The molecule has 0 bridgehead atoms. The van der Waals surface area contributed by atoms with Crippen molar-refractivity contribution in [2.75, 3.05) is 18.4 Å². The van der Waals surface area contributed by atoms with Crippen LogP contribution in [0.1, 0.15) is 47.2 Å². The highest BCUT2D eigenvalue weighted by atomic mass is 19.4. The highest BCUT2D eigenvalue weighted by Crippen LogP contribution is 2.42. The van der Waals surface area contributed by atoms with Gasteiger partial charge in [-0.25, -0.2) is 9.97 Å². The lowest BCUT2D eigenvalue weighted by atomic mass is 9.96. The van der Waals surface area contributed by atoms with Crippen LogP contribution in [0.4, 0.5) is 19.1 Å². The zero-order valence-corrected chi connectivity index (χ0v) is 16.2. The number of β-amino-alcohol motifs (C(OH)–C–C–N with tert-alkyl or cyclic N) is 1. The predicted octanol–water partition coefficient (Wildman–Crippen LogP) is 3.07. The van der Waals surface area contributed by atoms with E-state index in [9.17, 15) is 23.1 Å². The summed E-state index contributed by atoms with van der Waals surface area (Å²) in [5, 5.41) is 12.7. The average molecular weight is 422 g/mol. The van der Waals surface area contributed by atoms with Crippen LogP contribution in [0.15, 0.2) is 30.6 Å². The summed E-state index contributed by atoms with van der Waals surface area (Å²) in [6.45, 7) is 2.37. The molecule has 4 rings (SSSR count). The summed E-state index contributed by atoms with van der Waals surface area (Å²) in [5.74, 6) is 0.0109. The molecule has 1 aliphatic carbocycles. The fourth-order valence-electron chi connectivity index (χ4n) is 3.45. The molecule has 0 spiro atoms. The van der Waals surface area contributed by atoms with Crippen LogP contribution in [-0.2, 0) is 6.54 Å². The van der Waals surface area contributed by atoms with Crippen LogP contribution in [0.3, 0.4) is 0 Å². The molecule has 30 heavy (non-hydrogen) atoms. The summed E-state index contributed by atoms with van der Waals surface area (Å²) in [6, 6.07) is 4.61. The Hall–Kier alpha value is -2.88. The maximum Gasteiger partial charge on any atom is 0.573 e. The number of carbonyl (C=O) groups excluding carboxylic acids is 1. The van der Waals surface area contributed by atoms with Gasteiger partial charge in [0.25, 0.3) is 5.91 Å². The van der Waals surface area contributed by atoms with Crippen LogP contribution in [0.2, 0.25) is 0 Å². The van der Waals surface area contributed by atoms with Crippen molar-refractivity contribution >= 4 is 11.9 Å². The number of nitrogens with zero attached hydrogens (tertiary/aromatic N) is 3. The van der Waals surface area contributed by atoms with Gasteiger partial charge in [-0.2, -0.15) is 0 Å². The van der Waals surface area contributed by atoms with E-state index in [-0.39, 0.29) is 43.2 Å². The Labute approximate surface area is 170 Å². The molecule has 0 unspecified atom stereocenters. The molecule has 2 aromatic rings. The highest BCUT2D eigenvalue weighted by Gasteiger charge is 2.39. The Morgan fingerprint density at radius 1 is 1.27 bits per heavy atom. The first-order valence-electron chi connectivity index (χ1n) is 9.55. The minimum Gasteiger partial charge on any atom is -0.406 e. The number of halogens is 3. The quantitative estimate of drug-likeness (QED) is 0.744. The third kappa shape index (κ3) is 4.99. The molecule has 160 valence electrons. The average Bonchev–Trinajstić information content (AvgIpc) is 3.48. The molecular weight excluding hydrogens is 401 g/mol. The van der Waals surface area contributed by atoms with E-state index in [2.05, 4.69) is 20.0 Å². The fourth-order valence-corrected chi connectivity index (χ4v) is 3.45. The van der Waals surface area contributed by atoms with Gasteiger partial charge in [0.2, 0.25) is 5.95 Å². The summed E-state index contributed by atoms with van der Waals surface area (Å²) in [7, 11) is 0. The van der Waals surface area contributed by atoms with E-state index < -0.39 is 12.0 Å². The second-order valence-electron chi connectivity index (χ2n) is 8.04. The molecule has 1 aromatic carbocycles. The van der Waals surface area contributed by atoms with Crippen LogP contribution in [0, 0.1) is 0 Å². The van der Waals surface area contributed by atoms with Gasteiger partial charge in [0.05, 0.1) is 24.3 Å². The first kappa shape index (κ1) is 20.4. The van der Waals surface area contributed by atoms with Crippen LogP contribution < -0.4 is 10.1 Å². The number of alkyl halides is 3. The maximum atomic E-state index is 12.6. The molecule has 1 aromatic heterocycles. The lowest BCUT2D eigenvalue weighted by molar-refractivity contribution is -0.274. The standard InChI is InChI=1S/C20H21F3N4O3/c1-19(29)10-27(11-19)17(28)15-8-25-18(26-9-15)24-7-12-4-14(13-2-3-13)6-16(5-12)30-20(21,22)23/h4-6,8-9,13,29H,2-3,7,10-11H2,1H3,(H,24,25,26). The van der Waals surface area contributed by atoms with Crippen molar-refractivity contribution in [2.45, 2.75) is 44.2 Å². The topological polar surface area (TPSA) is 87.6 Å². The molecular formula is C20H21F3N4O3. The molecule has 0 radical (unpaired) electrons. The molecule has 2 fully saturated rings. The molecule has 10 heteroatoms. The summed E-state index contributed by atoms with van der Waals surface area (Å²) in [5.41, 5.74) is 0.875. The minimum atomic E-state index is -4.75. The Kier molecular flexibility index (Phi) is 5.05. The Morgan fingerprint density at radius 3 is 2.50 bits per heavy atom. The van der Waals surface area contributed by atoms with Crippen molar-refractivity contribution in [3.8, 4) is 5.75 Å². The summed E-state index contributed by atoms with van der Waals surface area (Å²) in [4.78, 5) is 22.0. The number of aromatic nitrogens is 2. The van der Waals surface area contributed by atoms with E-state index in [1.807, 2.05) is 6.07 Å². The zero-order valence-electron chi connectivity index (χ0n) is 16.2. The summed E-state index contributed by atoms with van der Waals surface area (Å²) < 4.78 is 41.9. The van der Waals surface area contributed by atoms with Gasteiger partial charge in [0.15, 0.2) is 0 Å². The number of amides is 1. The van der Waals surface area contributed by atoms with E-state index in [1.165, 1.54) is 29.4 Å². The smallest absolute Gasteiger partial charge is 0.406 e. The van der Waals surface area contributed by atoms with Gasteiger partial charge in [-0.3, -0.25) is 4.79 Å². The molecule has 1 saturated carbocycles. The third-order valence-electron chi connectivity index (χ3n) is 4.97. The molecule has 7 nitrogen and oxygen atoms in total. The molecule has 0 atom stereocenters. The van der Waals surface area contributed by atoms with Crippen molar-refractivity contribution in [3.05, 3.63) is 47.3 Å². The Balaban J connectivity index is 1.40. The number of hydrogen-bond acceptors (Lipinski definition) is 6. The number of aliphatic hydroxyl groups is 1. The van der Waals surface area contributed by atoms with E-state index in [0.29, 0.717) is 11.1 Å². The van der Waals surface area contributed by atoms with Crippen LogP contribution in [0.25, 0.3) is 0 Å². The number of anilines is 1. The van der Waals surface area contributed by atoms with Crippen molar-refractivity contribution < 1.29 is 27.8 Å². The zero-order chi connectivity index (χ0) is 21.5. The molecule has 2 heterocycles. The Morgan fingerprint density at radius 2 is 1.93 bits per heavy atom. The van der Waals surface area contributed by atoms with E-state index in [4.69, 9.17) is 0 Å². The van der Waals surface area contributed by atoms with Gasteiger partial charge in [0, 0.05) is 18.9 Å². The second kappa shape index (κ2) is 7.42. The van der Waals surface area contributed by atoms with Crippen LogP contribution in [0.5, 0.6) is 5.75 Å². The first-order chi connectivity index (χ1) is 14.1. The number of rotatable bonds is 6. The van der Waals surface area contributed by atoms with Gasteiger partial charge < -0.3 is 20.1 Å². The lowest BCUT2D eigenvalue weighted by Gasteiger charge is -2.44. The third-order valence-corrected chi connectivity index (χ3v) is 4.97. The molecule has 2 N–H and O–H groups in total. The van der Waals surface area contributed by atoms with Crippen molar-refractivity contribution in [1.29, 1.82) is 0 Å². The van der Waals surface area contributed by atoms with Gasteiger partial charge in [-0.1, -0.05) is 6.07 Å². The normalized spacial score (nSPS) is 18.0. The monoisotopic (exact) mass is 422 g/mol. The predicted molar refractivity (Wildman–Crippen MR) is 101 cm³/mol. The fraction of sp³-hybridized carbons (Fsp3) is 0.450. The van der Waals surface area contributed by atoms with E-state index in [1.54, 1.807) is 6.92 Å². The van der Waals surface area contributed by atoms with Crippen LogP contribution in [-0.4, -0.2) is 50.9 Å². The summed E-state index contributed by atoms with van der Waals surface area (Å²) >= 11 is 0. The molecule has 2 aliphatic rings. The minimum absolute atomic E-state index is 0.205. The number of nitrogens with one attached hydrogen (secondary N) is 1. The van der Waals surface area contributed by atoms with Gasteiger partial charge >= 0.3 is 6.36 Å². The molecule has 1 aliphatic heterocycles. The molecule has 1 amide bonds. The van der Waals surface area contributed by atoms with Crippen LogP contribution >= 0.6 is 0 Å². The number of hydrogen-bond donors (Lipinski definition) is 2. The SMILES string of the molecule is CC1(O)CN(C(=O)c2cnc(NCc3cc(OC(F)(F)F)cc(C4CC4)c3)nc2)C1. The van der Waals surface area contributed by atoms with Crippen molar-refractivity contribution in [1.82, 2.24) is 14.9 Å². The first-order valence-corrected chi connectivity index (χ1v) is 9.55. The Bertz CT molecular complexity index is 935. The number of ether oxygens (including phenoxy) is 1. The summed E-state index contributed by atoms with van der Waals surface area (Å²) in [6.07, 6.45) is -0.0872. The van der Waals surface area contributed by atoms with Gasteiger partial charge in [-0.15, -0.1) is 13.2 Å². The maximum absolute atomic E-state index is 12.6. The number of carbonyl (C=O) groups is 1. The van der Waals surface area contributed by atoms with Crippen molar-refractivity contribution in [2.24, 2.45) is 0 Å². The van der Waals surface area contributed by atoms with E-state index in [0.717, 1.165) is 18.4 Å². The lowest BCUT2D eigenvalue weighted by Crippen LogP contribution is -2.61. The number of benzene rings is 1. The van der Waals surface area contributed by atoms with Gasteiger partial charge in [0.1, 0.15) is 5.75 Å². The second-order valence-corrected chi connectivity index (χ2v) is 8.04. The van der Waals surface area contributed by atoms with Gasteiger partial charge in [-0.05, 0) is 48.9 Å². The molecule has 1 saturated heterocycles. The van der Waals surface area contributed by atoms with E-state index >= 15 is 0 Å². The van der Waals surface area contributed by atoms with Crippen molar-refractivity contribution in [3.63, 3.8) is 0 Å². The highest BCUT2D eigenvalue weighted by molar-refractivity contribution is 5.94.